The van der Waals surface area contributed by atoms with Crippen LogP contribution >= 0.6 is 0 Å². The largest absolute Gasteiger partial charge is 0.481 e. The molecule has 5 rings (SSSR count). The molecule has 0 aromatic rings. The number of hydrogen-bond acceptors (Lipinski definition) is 2. The number of aliphatic hydroxyl groups excluding tert-OH is 1. The molecule has 0 saturated heterocycles. The highest BCUT2D eigenvalue weighted by atomic mass is 16.4. The summed E-state index contributed by atoms with van der Waals surface area (Å²) >= 11 is 0. The molecule has 5 saturated carbocycles. The maximum Gasteiger partial charge on any atom is 0.310 e. The van der Waals surface area contributed by atoms with Crippen LogP contribution in [0.5, 0.6) is 0 Å². The number of rotatable bonds is 1. The Morgan fingerprint density at radius 2 is 1.39 bits per heavy atom. The molecule has 5 aliphatic carbocycles. The number of aliphatic carboxylic acids is 1. The van der Waals surface area contributed by atoms with E-state index in [-0.39, 0.29) is 28.3 Å². The van der Waals surface area contributed by atoms with Gasteiger partial charge < -0.3 is 10.2 Å². The Morgan fingerprint density at radius 1 is 0.727 bits per heavy atom. The van der Waals surface area contributed by atoms with Crippen molar-refractivity contribution in [2.45, 2.75) is 125 Å². The van der Waals surface area contributed by atoms with E-state index in [1.807, 2.05) is 0 Å². The van der Waals surface area contributed by atoms with Gasteiger partial charge in [0.05, 0.1) is 11.5 Å². The molecule has 5 aliphatic rings. The molecule has 3 heteroatoms. The van der Waals surface area contributed by atoms with Crippen LogP contribution in [0.1, 0.15) is 119 Å². The quantitative estimate of drug-likeness (QED) is 0.433. The number of hydrogen-bond donors (Lipinski definition) is 2. The van der Waals surface area contributed by atoms with Gasteiger partial charge in [0.15, 0.2) is 0 Å². The van der Waals surface area contributed by atoms with Gasteiger partial charge in [0.25, 0.3) is 0 Å². The van der Waals surface area contributed by atoms with Gasteiger partial charge >= 0.3 is 5.97 Å². The minimum atomic E-state index is -0.599. The molecule has 2 N–H and O–H groups in total. The fourth-order valence-electron chi connectivity index (χ4n) is 11.4. The van der Waals surface area contributed by atoms with Crippen molar-refractivity contribution in [3.8, 4) is 0 Å². The van der Waals surface area contributed by atoms with Gasteiger partial charge in [-0.3, -0.25) is 4.79 Å². The van der Waals surface area contributed by atoms with E-state index < -0.39 is 11.4 Å². The molecule has 0 bridgehead atoms. The van der Waals surface area contributed by atoms with E-state index >= 15 is 0 Å². The number of carboxylic acid groups (broad SMARTS) is 1. The van der Waals surface area contributed by atoms with Crippen LogP contribution in [0.3, 0.4) is 0 Å². The molecule has 5 fully saturated rings. The van der Waals surface area contributed by atoms with Crippen molar-refractivity contribution < 1.29 is 15.0 Å². The smallest absolute Gasteiger partial charge is 0.310 e. The van der Waals surface area contributed by atoms with E-state index in [2.05, 4.69) is 48.5 Å². The maximum atomic E-state index is 13.6. The van der Waals surface area contributed by atoms with E-state index in [1.54, 1.807) is 0 Å². The van der Waals surface area contributed by atoms with Crippen LogP contribution in [0, 0.1) is 56.2 Å². The summed E-state index contributed by atoms with van der Waals surface area (Å²) in [5.41, 5.74) is 0.0856. The van der Waals surface area contributed by atoms with Crippen LogP contribution in [0.15, 0.2) is 0 Å². The van der Waals surface area contributed by atoms with E-state index in [0.717, 1.165) is 44.9 Å². The normalized spacial score (nSPS) is 57.8. The second-order valence-electron chi connectivity index (χ2n) is 15.4. The van der Waals surface area contributed by atoms with E-state index in [4.69, 9.17) is 0 Å². The second-order valence-corrected chi connectivity index (χ2v) is 15.4. The van der Waals surface area contributed by atoms with Gasteiger partial charge in [-0.1, -0.05) is 48.5 Å². The highest BCUT2D eigenvalue weighted by molar-refractivity contribution is 5.77. The molecular weight excluding hydrogens is 408 g/mol. The van der Waals surface area contributed by atoms with Gasteiger partial charge in [0.2, 0.25) is 0 Å². The van der Waals surface area contributed by atoms with Gasteiger partial charge in [0, 0.05) is 0 Å². The van der Waals surface area contributed by atoms with Gasteiger partial charge in [-0.05, 0) is 121 Å². The first-order valence-corrected chi connectivity index (χ1v) is 14.1. The average molecular weight is 459 g/mol. The molecule has 0 aromatic heterocycles. The van der Waals surface area contributed by atoms with Crippen LogP contribution in [0.25, 0.3) is 0 Å². The second kappa shape index (κ2) is 7.01. The predicted molar refractivity (Wildman–Crippen MR) is 133 cm³/mol. The Kier molecular flexibility index (Phi) is 5.13. The summed E-state index contributed by atoms with van der Waals surface area (Å²) in [7, 11) is 0. The van der Waals surface area contributed by atoms with Crippen molar-refractivity contribution in [3.05, 3.63) is 0 Å². The third-order valence-corrected chi connectivity index (χ3v) is 13.7. The van der Waals surface area contributed by atoms with E-state index in [9.17, 15) is 15.0 Å². The van der Waals surface area contributed by atoms with E-state index in [0.29, 0.717) is 28.6 Å². The lowest BCUT2D eigenvalue weighted by Gasteiger charge is -2.74. The molecule has 0 unspecified atom stereocenters. The Bertz CT molecular complexity index is 834. The maximum absolute atomic E-state index is 13.6. The highest BCUT2D eigenvalue weighted by Crippen LogP contribution is 2.78. The summed E-state index contributed by atoms with van der Waals surface area (Å²) in [6.45, 7) is 16.9. The fraction of sp³-hybridized carbons (Fsp3) is 0.967. The Morgan fingerprint density at radius 3 is 2.06 bits per heavy atom. The molecule has 188 valence electrons. The SMILES string of the molecule is C[C@H]1[C@@H](O)CC[C@@H]2[C@]1(C)CC[C@H]1[C@@]2(C)CC[C@@]2(C)[C@@H]3CC(C)(C)CC[C@]3(C)CC[C@]12C(=O)O. The van der Waals surface area contributed by atoms with Crippen LogP contribution < -0.4 is 0 Å². The molecule has 33 heavy (non-hydrogen) atoms. The van der Waals surface area contributed by atoms with Crippen LogP contribution in [0.4, 0.5) is 0 Å². The first-order chi connectivity index (χ1) is 15.2. The zero-order chi connectivity index (χ0) is 24.2. The molecule has 0 amide bonds. The van der Waals surface area contributed by atoms with Crippen LogP contribution in [0.2, 0.25) is 0 Å². The molecule has 0 aromatic carbocycles. The van der Waals surface area contributed by atoms with Crippen molar-refractivity contribution in [1.29, 1.82) is 0 Å². The van der Waals surface area contributed by atoms with Crippen LogP contribution in [-0.2, 0) is 4.79 Å². The van der Waals surface area contributed by atoms with Gasteiger partial charge in [-0.15, -0.1) is 0 Å². The average Bonchev–Trinajstić information content (AvgIpc) is 2.73. The molecular formula is C30H50O3. The summed E-state index contributed by atoms with van der Waals surface area (Å²) in [6.07, 6.45) is 11.7. The Balaban J connectivity index is 1.61. The number of aliphatic hydroxyl groups is 1. The molecule has 10 atom stereocenters. The van der Waals surface area contributed by atoms with Crippen LogP contribution in [-0.4, -0.2) is 22.3 Å². The first kappa shape index (κ1) is 24.1. The minimum Gasteiger partial charge on any atom is -0.481 e. The van der Waals surface area contributed by atoms with Crippen molar-refractivity contribution in [1.82, 2.24) is 0 Å². The summed E-state index contributed by atoms with van der Waals surface area (Å²) in [5.74, 6) is 1.11. The third kappa shape index (κ3) is 2.87. The van der Waals surface area contributed by atoms with Gasteiger partial charge in [-0.25, -0.2) is 0 Å². The fourth-order valence-corrected chi connectivity index (χ4v) is 11.4. The first-order valence-electron chi connectivity index (χ1n) is 14.1. The van der Waals surface area contributed by atoms with Crippen molar-refractivity contribution in [3.63, 3.8) is 0 Å². The van der Waals surface area contributed by atoms with E-state index in [1.165, 1.54) is 25.7 Å². The number of fused-ring (bicyclic) bond motifs is 7. The van der Waals surface area contributed by atoms with Crippen molar-refractivity contribution >= 4 is 5.97 Å². The zero-order valence-electron chi connectivity index (χ0n) is 22.5. The standard InChI is InChI=1S/C30H50O3/c1-19-20(31)8-9-21-27(19,5)11-10-22-28(21,6)15-16-29(7)23-18-25(2,3)12-13-26(23,4)14-17-30(22,29)24(32)33/h19-23,31H,8-18H2,1-7H3,(H,32,33)/t19-,20-,21+,22-,23+,26+,27+,28-,29-,30+/m0/s1. The van der Waals surface area contributed by atoms with Crippen molar-refractivity contribution in [2.75, 3.05) is 0 Å². The number of carboxylic acids is 1. The molecule has 0 aliphatic heterocycles. The predicted octanol–water partition coefficient (Wildman–Crippen LogP) is 7.31. The lowest BCUT2D eigenvalue weighted by Crippen LogP contribution is -2.70. The lowest BCUT2D eigenvalue weighted by atomic mass is 9.29. The van der Waals surface area contributed by atoms with Crippen molar-refractivity contribution in [2.24, 2.45) is 56.2 Å². The third-order valence-electron chi connectivity index (χ3n) is 13.7. The Hall–Kier alpha value is -0.570. The minimum absolute atomic E-state index is 0.0667. The monoisotopic (exact) mass is 458 g/mol. The molecule has 0 spiro atoms. The summed E-state index contributed by atoms with van der Waals surface area (Å²) in [6, 6.07) is 0. The highest BCUT2D eigenvalue weighted by Gasteiger charge is 2.74. The molecule has 3 nitrogen and oxygen atoms in total. The lowest BCUT2D eigenvalue weighted by molar-refractivity contribution is -0.268. The summed E-state index contributed by atoms with van der Waals surface area (Å²) < 4.78 is 0. The molecule has 0 radical (unpaired) electrons. The number of carbonyl (C=O) groups is 1. The van der Waals surface area contributed by atoms with Gasteiger partial charge in [-0.2, -0.15) is 0 Å². The van der Waals surface area contributed by atoms with Gasteiger partial charge in [0.1, 0.15) is 0 Å². The summed E-state index contributed by atoms with van der Waals surface area (Å²) in [4.78, 5) is 13.6. The molecule has 0 heterocycles. The summed E-state index contributed by atoms with van der Waals surface area (Å²) in [5, 5.41) is 21.9. The zero-order valence-corrected chi connectivity index (χ0v) is 22.5. The Labute approximate surface area is 202 Å². The topological polar surface area (TPSA) is 57.5 Å².